The number of benzene rings is 1. The van der Waals surface area contributed by atoms with E-state index in [1.165, 1.54) is 0 Å². The van der Waals surface area contributed by atoms with Crippen molar-refractivity contribution < 1.29 is 21.2 Å². The third-order valence-corrected chi connectivity index (χ3v) is 5.89. The van der Waals surface area contributed by atoms with Crippen LogP contribution in [0, 0.1) is 11.7 Å². The van der Waals surface area contributed by atoms with Crippen molar-refractivity contribution in [3.8, 4) is 0 Å². The number of halogens is 2. The molecule has 0 heterocycles. The molecule has 2 atom stereocenters. The topological polar surface area (TPSA) is 118 Å². The van der Waals surface area contributed by atoms with Crippen LogP contribution >= 0.6 is 12.4 Å². The van der Waals surface area contributed by atoms with E-state index in [2.05, 4.69) is 4.72 Å². The highest BCUT2D eigenvalue weighted by molar-refractivity contribution is 7.92. The zero-order valence-electron chi connectivity index (χ0n) is 13.0. The average molecular weight is 402 g/mol. The fourth-order valence-corrected chi connectivity index (χ4v) is 4.60. The minimum atomic E-state index is -3.89. The molecular formula is C13H21ClFN3O4S2. The summed E-state index contributed by atoms with van der Waals surface area (Å²) in [6.45, 7) is 0.388. The van der Waals surface area contributed by atoms with Gasteiger partial charge in [-0.2, -0.15) is 0 Å². The molecule has 1 fully saturated rings. The lowest BCUT2D eigenvalue weighted by Crippen LogP contribution is -2.39. The third-order valence-electron chi connectivity index (χ3n) is 3.81. The van der Waals surface area contributed by atoms with E-state index in [1.54, 1.807) is 0 Å². The summed E-state index contributed by atoms with van der Waals surface area (Å²) in [7, 11) is -7.54. The number of nitrogens with two attached hydrogens (primary N) is 1. The number of nitrogens with one attached hydrogen (secondary N) is 2. The van der Waals surface area contributed by atoms with Gasteiger partial charge in [0.05, 0.1) is 16.8 Å². The van der Waals surface area contributed by atoms with Crippen LogP contribution in [-0.2, 0) is 20.0 Å². The zero-order valence-corrected chi connectivity index (χ0v) is 15.5. The van der Waals surface area contributed by atoms with Gasteiger partial charge >= 0.3 is 0 Å². The number of hydrogen-bond acceptors (Lipinski definition) is 5. The maximum Gasteiger partial charge on any atom is 0.240 e. The van der Waals surface area contributed by atoms with Crippen molar-refractivity contribution >= 4 is 38.1 Å². The van der Waals surface area contributed by atoms with E-state index < -0.39 is 25.9 Å². The maximum atomic E-state index is 13.9. The van der Waals surface area contributed by atoms with Gasteiger partial charge in [-0.25, -0.2) is 25.9 Å². The minimum absolute atomic E-state index is 0. The molecule has 7 nitrogen and oxygen atoms in total. The lowest BCUT2D eigenvalue weighted by molar-refractivity contribution is 0.452. The van der Waals surface area contributed by atoms with Gasteiger partial charge in [0.25, 0.3) is 0 Å². The van der Waals surface area contributed by atoms with Gasteiger partial charge in [0.15, 0.2) is 0 Å². The van der Waals surface area contributed by atoms with Crippen LogP contribution in [0.15, 0.2) is 23.1 Å². The summed E-state index contributed by atoms with van der Waals surface area (Å²) in [5, 5.41) is 0. The average Bonchev–Trinajstić information content (AvgIpc) is 2.86. The summed E-state index contributed by atoms with van der Waals surface area (Å²) in [4.78, 5) is -0.253. The number of rotatable bonds is 6. The standard InChI is InChI=1S/C13H20FN3O4S2.ClH/c1-22(18,19)16-13-6-5-10(7-11(13)14)23(20,21)17-12-4-2-3-9(12)8-15;/h5-7,9,12,16-17H,2-4,8,15H2,1H3;1H. The highest BCUT2D eigenvalue weighted by Gasteiger charge is 2.30. The first-order valence-corrected chi connectivity index (χ1v) is 10.5. The van der Waals surface area contributed by atoms with E-state index in [-0.39, 0.29) is 34.9 Å². The van der Waals surface area contributed by atoms with Crippen LogP contribution in [0.4, 0.5) is 10.1 Å². The Morgan fingerprint density at radius 3 is 2.46 bits per heavy atom. The van der Waals surface area contributed by atoms with Crippen LogP contribution in [0.3, 0.4) is 0 Å². The van der Waals surface area contributed by atoms with Crippen molar-refractivity contribution in [2.45, 2.75) is 30.2 Å². The van der Waals surface area contributed by atoms with Gasteiger partial charge < -0.3 is 5.73 Å². The van der Waals surface area contributed by atoms with E-state index in [0.717, 1.165) is 37.3 Å². The summed E-state index contributed by atoms with van der Waals surface area (Å²) in [6.07, 6.45) is 3.32. The normalized spacial score (nSPS) is 21.3. The Morgan fingerprint density at radius 1 is 1.25 bits per heavy atom. The molecule has 2 rings (SSSR count). The molecule has 0 saturated heterocycles. The Kier molecular flexibility index (Phi) is 7.00. The largest absolute Gasteiger partial charge is 0.330 e. The van der Waals surface area contributed by atoms with Gasteiger partial charge in [0.2, 0.25) is 20.0 Å². The first-order chi connectivity index (χ1) is 10.6. The van der Waals surface area contributed by atoms with Crippen molar-refractivity contribution in [3.63, 3.8) is 0 Å². The molecule has 0 amide bonds. The Labute approximate surface area is 147 Å². The van der Waals surface area contributed by atoms with Crippen LogP contribution in [0.1, 0.15) is 19.3 Å². The Bertz CT molecular complexity index is 786. The van der Waals surface area contributed by atoms with Crippen molar-refractivity contribution in [3.05, 3.63) is 24.0 Å². The fraction of sp³-hybridized carbons (Fsp3) is 0.538. The highest BCUT2D eigenvalue weighted by atomic mass is 35.5. The van der Waals surface area contributed by atoms with Crippen molar-refractivity contribution in [1.82, 2.24) is 4.72 Å². The van der Waals surface area contributed by atoms with Gasteiger partial charge in [-0.05, 0) is 43.5 Å². The third kappa shape index (κ3) is 5.28. The molecule has 24 heavy (non-hydrogen) atoms. The van der Waals surface area contributed by atoms with Crippen LogP contribution in [-0.4, -0.2) is 35.7 Å². The van der Waals surface area contributed by atoms with Gasteiger partial charge in [-0.3, -0.25) is 4.72 Å². The molecule has 1 aliphatic rings. The van der Waals surface area contributed by atoms with E-state index in [1.807, 2.05) is 4.72 Å². The highest BCUT2D eigenvalue weighted by Crippen LogP contribution is 2.27. The molecule has 138 valence electrons. The van der Waals surface area contributed by atoms with Crippen molar-refractivity contribution in [2.75, 3.05) is 17.5 Å². The molecule has 0 aliphatic heterocycles. The minimum Gasteiger partial charge on any atom is -0.330 e. The number of anilines is 1. The molecule has 11 heteroatoms. The fourth-order valence-electron chi connectivity index (χ4n) is 2.69. The zero-order chi connectivity index (χ0) is 17.3. The summed E-state index contributed by atoms with van der Waals surface area (Å²) in [5.74, 6) is -0.888. The number of sulfonamides is 2. The predicted octanol–water partition coefficient (Wildman–Crippen LogP) is 1.02. The van der Waals surface area contributed by atoms with Crippen LogP contribution in [0.2, 0.25) is 0 Å². The van der Waals surface area contributed by atoms with Crippen molar-refractivity contribution in [2.24, 2.45) is 11.7 Å². The molecule has 0 bridgehead atoms. The monoisotopic (exact) mass is 401 g/mol. The molecule has 0 radical (unpaired) electrons. The second kappa shape index (κ2) is 7.96. The van der Waals surface area contributed by atoms with Crippen molar-refractivity contribution in [1.29, 1.82) is 0 Å². The van der Waals surface area contributed by atoms with Crippen LogP contribution in [0.25, 0.3) is 0 Å². The molecule has 0 aromatic heterocycles. The van der Waals surface area contributed by atoms with Gasteiger partial charge in [0.1, 0.15) is 5.82 Å². The lowest BCUT2D eigenvalue weighted by Gasteiger charge is -2.19. The Hall–Kier alpha value is -0.940. The van der Waals surface area contributed by atoms with E-state index in [9.17, 15) is 21.2 Å². The quantitative estimate of drug-likeness (QED) is 0.657. The molecule has 2 unspecified atom stereocenters. The molecule has 1 aliphatic carbocycles. The maximum absolute atomic E-state index is 13.9. The lowest BCUT2D eigenvalue weighted by atomic mass is 10.1. The Balaban J connectivity index is 0.00000288. The first-order valence-electron chi connectivity index (χ1n) is 7.12. The van der Waals surface area contributed by atoms with E-state index in [0.29, 0.717) is 13.0 Å². The molecule has 1 aromatic carbocycles. The molecule has 1 saturated carbocycles. The van der Waals surface area contributed by atoms with Crippen LogP contribution < -0.4 is 15.2 Å². The molecule has 4 N–H and O–H groups in total. The first kappa shape index (κ1) is 21.1. The summed E-state index contributed by atoms with van der Waals surface area (Å²) < 4.78 is 65.4. The van der Waals surface area contributed by atoms with Crippen LogP contribution in [0.5, 0.6) is 0 Å². The van der Waals surface area contributed by atoms with E-state index in [4.69, 9.17) is 5.73 Å². The summed E-state index contributed by atoms with van der Waals surface area (Å²) >= 11 is 0. The second-order valence-corrected chi connectivity index (χ2v) is 9.13. The van der Waals surface area contributed by atoms with Gasteiger partial charge in [-0.1, -0.05) is 6.42 Å². The summed E-state index contributed by atoms with van der Waals surface area (Å²) in [5.41, 5.74) is 5.33. The van der Waals surface area contributed by atoms with Gasteiger partial charge in [-0.15, -0.1) is 12.4 Å². The SMILES string of the molecule is CS(=O)(=O)Nc1ccc(S(=O)(=O)NC2CCCC2CN)cc1F.Cl. The smallest absolute Gasteiger partial charge is 0.240 e. The summed E-state index contributed by atoms with van der Waals surface area (Å²) in [6, 6.07) is 2.77. The van der Waals surface area contributed by atoms with Gasteiger partial charge in [0, 0.05) is 6.04 Å². The van der Waals surface area contributed by atoms with E-state index >= 15 is 0 Å². The molecular weight excluding hydrogens is 381 g/mol. The molecule has 0 spiro atoms. The molecule has 1 aromatic rings. The Morgan fingerprint density at radius 2 is 1.92 bits per heavy atom. The second-order valence-electron chi connectivity index (χ2n) is 5.67. The number of hydrogen-bond donors (Lipinski definition) is 3. The predicted molar refractivity (Wildman–Crippen MR) is 92.6 cm³/mol.